The van der Waals surface area contributed by atoms with Crippen molar-refractivity contribution in [3.8, 4) is 5.75 Å². The first-order chi connectivity index (χ1) is 7.75. The molecular weight excluding hydrogens is 207 g/mol. The molecule has 0 radical (unpaired) electrons. The minimum Gasteiger partial charge on any atom is -0.489 e. The molecule has 16 heavy (non-hydrogen) atoms. The molecule has 0 aliphatic carbocycles. The molecule has 0 saturated heterocycles. The van der Waals surface area contributed by atoms with Crippen LogP contribution in [0.25, 0.3) is 0 Å². The summed E-state index contributed by atoms with van der Waals surface area (Å²) in [5.41, 5.74) is 7.15. The van der Waals surface area contributed by atoms with Crippen LogP contribution in [-0.2, 0) is 6.61 Å². The molecule has 0 atom stereocenters. The minimum atomic E-state index is -0.282. The Labute approximate surface area is 92.7 Å². The molecule has 82 valence electrons. The third-order valence-corrected chi connectivity index (χ3v) is 2.15. The average Bonchev–Trinajstić information content (AvgIpc) is 2.30. The van der Waals surface area contributed by atoms with Gasteiger partial charge < -0.3 is 10.5 Å². The van der Waals surface area contributed by atoms with E-state index in [1.54, 1.807) is 30.6 Å². The number of nitrogen functional groups attached to an aromatic ring is 1. The van der Waals surface area contributed by atoms with Crippen molar-refractivity contribution < 1.29 is 9.13 Å². The molecule has 1 heterocycles. The van der Waals surface area contributed by atoms with Crippen LogP contribution in [0.3, 0.4) is 0 Å². The number of aromatic nitrogens is 1. The Morgan fingerprint density at radius 2 is 1.94 bits per heavy atom. The number of nitrogens with two attached hydrogens (primary N) is 1. The third kappa shape index (κ3) is 2.48. The molecule has 4 heteroatoms. The molecule has 2 aromatic rings. The number of benzene rings is 1. The van der Waals surface area contributed by atoms with Gasteiger partial charge in [-0.1, -0.05) is 0 Å². The van der Waals surface area contributed by atoms with Crippen molar-refractivity contribution >= 4 is 5.69 Å². The Kier molecular flexibility index (Phi) is 3.00. The zero-order chi connectivity index (χ0) is 11.4. The number of anilines is 1. The standard InChI is InChI=1S/C12H11FN2O/c13-10-1-3-11(4-2-10)16-8-9-5-6-15-7-12(9)14/h1-7H,8,14H2. The van der Waals surface area contributed by atoms with Crippen molar-refractivity contribution in [1.82, 2.24) is 4.98 Å². The van der Waals surface area contributed by atoms with Crippen molar-refractivity contribution in [2.75, 3.05) is 5.73 Å². The highest BCUT2D eigenvalue weighted by Gasteiger charge is 2.00. The van der Waals surface area contributed by atoms with E-state index in [1.165, 1.54) is 12.1 Å². The number of pyridine rings is 1. The first-order valence-corrected chi connectivity index (χ1v) is 4.82. The van der Waals surface area contributed by atoms with E-state index >= 15 is 0 Å². The maximum atomic E-state index is 12.6. The summed E-state index contributed by atoms with van der Waals surface area (Å²) in [6, 6.07) is 7.65. The normalized spacial score (nSPS) is 10.1. The highest BCUT2D eigenvalue weighted by atomic mass is 19.1. The van der Waals surface area contributed by atoms with Crippen LogP contribution in [0.4, 0.5) is 10.1 Å². The highest BCUT2D eigenvalue weighted by molar-refractivity contribution is 5.43. The quantitative estimate of drug-likeness (QED) is 0.860. The number of hydrogen-bond acceptors (Lipinski definition) is 3. The van der Waals surface area contributed by atoms with Crippen LogP contribution in [0.15, 0.2) is 42.7 Å². The fraction of sp³-hybridized carbons (Fsp3) is 0.0833. The Morgan fingerprint density at radius 1 is 1.19 bits per heavy atom. The van der Waals surface area contributed by atoms with Gasteiger partial charge in [0.05, 0.1) is 11.9 Å². The summed E-state index contributed by atoms with van der Waals surface area (Å²) in [6.07, 6.45) is 3.23. The van der Waals surface area contributed by atoms with Gasteiger partial charge in [0.1, 0.15) is 18.2 Å². The molecule has 0 fully saturated rings. The lowest BCUT2D eigenvalue weighted by Crippen LogP contribution is -2.00. The van der Waals surface area contributed by atoms with Crippen LogP contribution < -0.4 is 10.5 Å². The van der Waals surface area contributed by atoms with E-state index in [4.69, 9.17) is 10.5 Å². The summed E-state index contributed by atoms with van der Waals surface area (Å²) in [7, 11) is 0. The summed E-state index contributed by atoms with van der Waals surface area (Å²) in [5, 5.41) is 0. The first kappa shape index (κ1) is 10.4. The monoisotopic (exact) mass is 218 g/mol. The summed E-state index contributed by atoms with van der Waals surface area (Å²) in [6.45, 7) is 0.347. The fourth-order valence-electron chi connectivity index (χ4n) is 1.26. The first-order valence-electron chi connectivity index (χ1n) is 4.82. The summed E-state index contributed by atoms with van der Waals surface area (Å²) < 4.78 is 18.1. The maximum absolute atomic E-state index is 12.6. The predicted octanol–water partition coefficient (Wildman–Crippen LogP) is 2.38. The molecule has 2 rings (SSSR count). The van der Waals surface area contributed by atoms with Crippen LogP contribution in [-0.4, -0.2) is 4.98 Å². The second-order valence-corrected chi connectivity index (χ2v) is 3.32. The third-order valence-electron chi connectivity index (χ3n) is 2.15. The van der Waals surface area contributed by atoms with E-state index in [0.29, 0.717) is 18.0 Å². The molecule has 0 bridgehead atoms. The SMILES string of the molecule is Nc1cnccc1COc1ccc(F)cc1. The van der Waals surface area contributed by atoms with Crippen molar-refractivity contribution in [3.63, 3.8) is 0 Å². The van der Waals surface area contributed by atoms with Crippen LogP contribution in [0, 0.1) is 5.82 Å². The van der Waals surface area contributed by atoms with Gasteiger partial charge in [-0.2, -0.15) is 0 Å². The Hall–Kier alpha value is -2.10. The Balaban J connectivity index is 2.02. The molecule has 1 aromatic carbocycles. The number of rotatable bonds is 3. The Morgan fingerprint density at radius 3 is 2.62 bits per heavy atom. The number of halogens is 1. The molecule has 0 aliphatic rings. The summed E-state index contributed by atoms with van der Waals surface area (Å²) in [4.78, 5) is 3.88. The number of ether oxygens (including phenoxy) is 1. The zero-order valence-corrected chi connectivity index (χ0v) is 8.56. The second-order valence-electron chi connectivity index (χ2n) is 3.32. The molecule has 0 amide bonds. The fourth-order valence-corrected chi connectivity index (χ4v) is 1.26. The van der Waals surface area contributed by atoms with E-state index in [9.17, 15) is 4.39 Å². The van der Waals surface area contributed by atoms with Crippen LogP contribution in [0.2, 0.25) is 0 Å². The van der Waals surface area contributed by atoms with Gasteiger partial charge in [-0.3, -0.25) is 4.98 Å². The molecule has 2 N–H and O–H groups in total. The number of hydrogen-bond donors (Lipinski definition) is 1. The van der Waals surface area contributed by atoms with E-state index in [0.717, 1.165) is 5.56 Å². The lowest BCUT2D eigenvalue weighted by molar-refractivity contribution is 0.306. The van der Waals surface area contributed by atoms with Gasteiger partial charge >= 0.3 is 0 Å². The van der Waals surface area contributed by atoms with Crippen LogP contribution >= 0.6 is 0 Å². The second kappa shape index (κ2) is 4.61. The van der Waals surface area contributed by atoms with Gasteiger partial charge in [0.25, 0.3) is 0 Å². The smallest absolute Gasteiger partial charge is 0.123 e. The van der Waals surface area contributed by atoms with Crippen molar-refractivity contribution in [1.29, 1.82) is 0 Å². The van der Waals surface area contributed by atoms with Gasteiger partial charge in [-0.25, -0.2) is 4.39 Å². The van der Waals surface area contributed by atoms with Crippen molar-refractivity contribution in [2.45, 2.75) is 6.61 Å². The van der Waals surface area contributed by atoms with Gasteiger partial charge in [-0.05, 0) is 30.3 Å². The lowest BCUT2D eigenvalue weighted by Gasteiger charge is -2.07. The lowest BCUT2D eigenvalue weighted by atomic mass is 10.2. The van der Waals surface area contributed by atoms with Crippen molar-refractivity contribution in [2.24, 2.45) is 0 Å². The molecule has 1 aromatic heterocycles. The maximum Gasteiger partial charge on any atom is 0.123 e. The minimum absolute atomic E-state index is 0.282. The van der Waals surface area contributed by atoms with E-state index in [-0.39, 0.29) is 5.82 Å². The van der Waals surface area contributed by atoms with Crippen molar-refractivity contribution in [3.05, 3.63) is 54.1 Å². The van der Waals surface area contributed by atoms with Gasteiger partial charge in [0.15, 0.2) is 0 Å². The summed E-state index contributed by atoms with van der Waals surface area (Å²) in [5.74, 6) is 0.327. The van der Waals surface area contributed by atoms with Crippen LogP contribution in [0.5, 0.6) is 5.75 Å². The molecule has 0 aliphatic heterocycles. The molecule has 0 saturated carbocycles. The average molecular weight is 218 g/mol. The molecule has 0 unspecified atom stereocenters. The number of nitrogens with zero attached hydrogens (tertiary/aromatic N) is 1. The Bertz CT molecular complexity index is 471. The van der Waals surface area contributed by atoms with Gasteiger partial charge in [0, 0.05) is 11.8 Å². The highest BCUT2D eigenvalue weighted by Crippen LogP contribution is 2.15. The topological polar surface area (TPSA) is 48.1 Å². The van der Waals surface area contributed by atoms with Crippen LogP contribution in [0.1, 0.15) is 5.56 Å². The predicted molar refractivity (Wildman–Crippen MR) is 59.4 cm³/mol. The van der Waals surface area contributed by atoms with Gasteiger partial charge in [-0.15, -0.1) is 0 Å². The van der Waals surface area contributed by atoms with E-state index in [2.05, 4.69) is 4.98 Å². The largest absolute Gasteiger partial charge is 0.489 e. The molecule has 0 spiro atoms. The molecular formula is C12H11FN2O. The summed E-state index contributed by atoms with van der Waals surface area (Å²) >= 11 is 0. The zero-order valence-electron chi connectivity index (χ0n) is 8.56. The molecule has 3 nitrogen and oxygen atoms in total. The van der Waals surface area contributed by atoms with Gasteiger partial charge in [0.2, 0.25) is 0 Å². The van der Waals surface area contributed by atoms with E-state index in [1.807, 2.05) is 0 Å². The van der Waals surface area contributed by atoms with E-state index < -0.39 is 0 Å².